The normalized spacial score (nSPS) is 11.0. The van der Waals surface area contributed by atoms with Crippen molar-refractivity contribution in [2.24, 2.45) is 7.05 Å². The molecule has 0 fully saturated rings. The second-order valence-electron chi connectivity index (χ2n) is 4.50. The number of ether oxygens (including phenoxy) is 1. The van der Waals surface area contributed by atoms with Gasteiger partial charge >= 0.3 is 0 Å². The lowest BCUT2D eigenvalue weighted by Crippen LogP contribution is -2.02. The van der Waals surface area contributed by atoms with Gasteiger partial charge in [0.05, 0.1) is 30.2 Å². The predicted octanol–water partition coefficient (Wildman–Crippen LogP) is 3.15. The Morgan fingerprint density at radius 1 is 1.43 bits per heavy atom. The highest BCUT2D eigenvalue weighted by molar-refractivity contribution is 7.99. The van der Waals surface area contributed by atoms with Gasteiger partial charge < -0.3 is 13.7 Å². The van der Waals surface area contributed by atoms with Crippen LogP contribution in [-0.4, -0.2) is 28.2 Å². The summed E-state index contributed by atoms with van der Waals surface area (Å²) < 4.78 is 12.3. The summed E-state index contributed by atoms with van der Waals surface area (Å²) in [4.78, 5) is 16.5. The van der Waals surface area contributed by atoms with Crippen molar-refractivity contribution in [2.75, 3.05) is 12.9 Å². The molecular weight excluding hydrogens is 288 g/mol. The molecule has 0 saturated heterocycles. The van der Waals surface area contributed by atoms with E-state index >= 15 is 0 Å². The molecule has 0 saturated carbocycles. The van der Waals surface area contributed by atoms with Crippen molar-refractivity contribution in [3.63, 3.8) is 0 Å². The van der Waals surface area contributed by atoms with Crippen molar-refractivity contribution in [2.45, 2.75) is 5.16 Å². The van der Waals surface area contributed by atoms with Gasteiger partial charge in [-0.05, 0) is 24.3 Å². The zero-order valence-electron chi connectivity index (χ0n) is 11.7. The molecule has 0 N–H and O–H groups in total. The molecule has 0 bridgehead atoms. The molecule has 3 rings (SSSR count). The number of hydrogen-bond donors (Lipinski definition) is 0. The van der Waals surface area contributed by atoms with Gasteiger partial charge in [0, 0.05) is 13.1 Å². The van der Waals surface area contributed by atoms with E-state index in [1.807, 2.05) is 29.8 Å². The van der Waals surface area contributed by atoms with Gasteiger partial charge in [0.25, 0.3) is 0 Å². The van der Waals surface area contributed by atoms with E-state index in [9.17, 15) is 4.79 Å². The van der Waals surface area contributed by atoms with E-state index in [0.29, 0.717) is 11.5 Å². The first-order chi connectivity index (χ1) is 10.2. The SMILES string of the molecule is COc1ccc2c(c1)nc(SCC(=O)c1ccco1)n2C. The van der Waals surface area contributed by atoms with Crippen LogP contribution in [0.2, 0.25) is 0 Å². The molecule has 0 aliphatic carbocycles. The summed E-state index contributed by atoms with van der Waals surface area (Å²) in [5, 5.41) is 0.790. The zero-order chi connectivity index (χ0) is 14.8. The van der Waals surface area contributed by atoms with Crippen LogP contribution in [0, 0.1) is 0 Å². The van der Waals surface area contributed by atoms with Crippen LogP contribution in [0.5, 0.6) is 5.75 Å². The van der Waals surface area contributed by atoms with Gasteiger partial charge in [-0.2, -0.15) is 0 Å². The van der Waals surface area contributed by atoms with Crippen LogP contribution < -0.4 is 4.74 Å². The molecule has 1 aromatic carbocycles. The van der Waals surface area contributed by atoms with Crippen LogP contribution in [0.25, 0.3) is 11.0 Å². The molecule has 0 amide bonds. The number of thioether (sulfide) groups is 1. The van der Waals surface area contributed by atoms with E-state index in [-0.39, 0.29) is 5.78 Å². The molecule has 6 heteroatoms. The molecule has 21 heavy (non-hydrogen) atoms. The Kier molecular flexibility index (Phi) is 3.70. The second kappa shape index (κ2) is 5.65. The van der Waals surface area contributed by atoms with Crippen LogP contribution >= 0.6 is 11.8 Å². The number of imidazole rings is 1. The number of furan rings is 1. The zero-order valence-corrected chi connectivity index (χ0v) is 12.5. The molecule has 2 aromatic heterocycles. The summed E-state index contributed by atoms with van der Waals surface area (Å²) in [6, 6.07) is 9.11. The lowest BCUT2D eigenvalue weighted by Gasteiger charge is -2.01. The first-order valence-corrected chi connectivity index (χ1v) is 7.37. The van der Waals surface area contributed by atoms with E-state index < -0.39 is 0 Å². The fraction of sp³-hybridized carbons (Fsp3) is 0.200. The minimum absolute atomic E-state index is 0.0466. The minimum atomic E-state index is -0.0466. The summed E-state index contributed by atoms with van der Waals surface area (Å²) >= 11 is 1.39. The number of carbonyl (C=O) groups is 1. The number of ketones is 1. The van der Waals surface area contributed by atoms with Crippen LogP contribution in [0.15, 0.2) is 46.2 Å². The smallest absolute Gasteiger partial charge is 0.208 e. The van der Waals surface area contributed by atoms with E-state index in [2.05, 4.69) is 4.98 Å². The average Bonchev–Trinajstić information content (AvgIpc) is 3.13. The molecule has 3 aromatic rings. The third kappa shape index (κ3) is 2.67. The number of rotatable bonds is 5. The average molecular weight is 302 g/mol. The predicted molar refractivity (Wildman–Crippen MR) is 81.0 cm³/mol. The number of carbonyl (C=O) groups excluding carboxylic acids is 1. The maximum absolute atomic E-state index is 11.9. The van der Waals surface area contributed by atoms with E-state index in [4.69, 9.17) is 9.15 Å². The third-order valence-corrected chi connectivity index (χ3v) is 4.21. The van der Waals surface area contributed by atoms with Crippen molar-refractivity contribution < 1.29 is 13.9 Å². The van der Waals surface area contributed by atoms with E-state index in [0.717, 1.165) is 21.9 Å². The van der Waals surface area contributed by atoms with E-state index in [1.165, 1.54) is 18.0 Å². The molecule has 108 valence electrons. The molecule has 0 atom stereocenters. The van der Waals surface area contributed by atoms with Crippen LogP contribution in [0.3, 0.4) is 0 Å². The first-order valence-electron chi connectivity index (χ1n) is 6.39. The minimum Gasteiger partial charge on any atom is -0.497 e. The first kappa shape index (κ1) is 13.8. The van der Waals surface area contributed by atoms with E-state index in [1.54, 1.807) is 19.2 Å². The van der Waals surface area contributed by atoms with Gasteiger partial charge in [-0.1, -0.05) is 11.8 Å². The number of hydrogen-bond acceptors (Lipinski definition) is 5. The van der Waals surface area contributed by atoms with Gasteiger partial charge in [0.1, 0.15) is 5.75 Å². The van der Waals surface area contributed by atoms with Gasteiger partial charge in [-0.25, -0.2) is 4.98 Å². The third-order valence-electron chi connectivity index (χ3n) is 3.18. The summed E-state index contributed by atoms with van der Waals surface area (Å²) in [5.74, 6) is 1.39. The van der Waals surface area contributed by atoms with Crippen LogP contribution in [0.4, 0.5) is 0 Å². The van der Waals surface area contributed by atoms with Crippen LogP contribution in [-0.2, 0) is 7.05 Å². The maximum Gasteiger partial charge on any atom is 0.208 e. The maximum atomic E-state index is 11.9. The summed E-state index contributed by atoms with van der Waals surface area (Å²) in [7, 11) is 3.56. The molecule has 5 nitrogen and oxygen atoms in total. The molecule has 0 aliphatic rings. The topological polar surface area (TPSA) is 57.3 Å². The lowest BCUT2D eigenvalue weighted by atomic mass is 10.3. The summed E-state index contributed by atoms with van der Waals surface area (Å²) in [6.07, 6.45) is 1.50. The van der Waals surface area contributed by atoms with Gasteiger partial charge in [-0.3, -0.25) is 4.79 Å². The molecule has 0 aliphatic heterocycles. The largest absolute Gasteiger partial charge is 0.497 e. The number of benzene rings is 1. The molecular formula is C15H14N2O3S. The Bertz CT molecular complexity index is 778. The highest BCUT2D eigenvalue weighted by atomic mass is 32.2. The Morgan fingerprint density at radius 2 is 2.29 bits per heavy atom. The van der Waals surface area contributed by atoms with Gasteiger partial charge in [0.15, 0.2) is 10.9 Å². The van der Waals surface area contributed by atoms with Gasteiger partial charge in [0.2, 0.25) is 5.78 Å². The van der Waals surface area contributed by atoms with Crippen molar-refractivity contribution >= 4 is 28.6 Å². The fourth-order valence-electron chi connectivity index (χ4n) is 2.05. The number of methoxy groups -OCH3 is 1. The Hall–Kier alpha value is -2.21. The Balaban J connectivity index is 1.81. The van der Waals surface area contributed by atoms with Crippen molar-refractivity contribution in [3.8, 4) is 5.75 Å². The fourth-order valence-corrected chi connectivity index (χ4v) is 2.91. The monoisotopic (exact) mass is 302 g/mol. The van der Waals surface area contributed by atoms with Crippen molar-refractivity contribution in [1.82, 2.24) is 9.55 Å². The quantitative estimate of drug-likeness (QED) is 0.535. The summed E-state index contributed by atoms with van der Waals surface area (Å²) in [5.41, 5.74) is 1.86. The number of aromatic nitrogens is 2. The molecule has 0 spiro atoms. The highest BCUT2D eigenvalue weighted by Crippen LogP contribution is 2.26. The second-order valence-corrected chi connectivity index (χ2v) is 5.44. The van der Waals surface area contributed by atoms with Gasteiger partial charge in [-0.15, -0.1) is 0 Å². The number of fused-ring (bicyclic) bond motifs is 1. The lowest BCUT2D eigenvalue weighted by molar-refractivity contribution is 0.0992. The molecule has 0 unspecified atom stereocenters. The van der Waals surface area contributed by atoms with Crippen LogP contribution in [0.1, 0.15) is 10.6 Å². The highest BCUT2D eigenvalue weighted by Gasteiger charge is 2.13. The Morgan fingerprint density at radius 3 is 3.00 bits per heavy atom. The molecule has 2 heterocycles. The van der Waals surface area contributed by atoms with Crippen molar-refractivity contribution in [1.29, 1.82) is 0 Å². The molecule has 0 radical (unpaired) electrons. The standard InChI is InChI=1S/C15H14N2O3S/c1-17-12-6-5-10(19-2)8-11(12)16-15(17)21-9-13(18)14-4-3-7-20-14/h3-8H,9H2,1-2H3. The number of Topliss-reactive ketones (excluding diaryl/α,β-unsaturated/α-hetero) is 1. The number of aryl methyl sites for hydroxylation is 1. The van der Waals surface area contributed by atoms with Crippen molar-refractivity contribution in [3.05, 3.63) is 42.4 Å². The summed E-state index contributed by atoms with van der Waals surface area (Å²) in [6.45, 7) is 0. The Labute approximate surface area is 125 Å². The number of nitrogens with zero attached hydrogens (tertiary/aromatic N) is 2.